The second kappa shape index (κ2) is 10.7. The number of rotatable bonds is 11. The van der Waals surface area contributed by atoms with E-state index in [0.717, 1.165) is 26.1 Å². The maximum Gasteiger partial charge on any atom is 0.0646 e. The maximum absolute atomic E-state index is 6.34. The summed E-state index contributed by atoms with van der Waals surface area (Å²) in [6, 6.07) is 0. The Balaban J connectivity index is 1.83. The van der Waals surface area contributed by atoms with Crippen molar-refractivity contribution < 1.29 is 4.74 Å². The Morgan fingerprint density at radius 1 is 0.842 bits per heavy atom. The van der Waals surface area contributed by atoms with Crippen molar-refractivity contribution in [2.45, 2.75) is 95.9 Å². The van der Waals surface area contributed by atoms with Gasteiger partial charge in [-0.05, 0) is 19.3 Å². The van der Waals surface area contributed by atoms with E-state index in [9.17, 15) is 0 Å². The van der Waals surface area contributed by atoms with Gasteiger partial charge >= 0.3 is 0 Å². The Labute approximate surface area is 120 Å². The fourth-order valence-corrected chi connectivity index (χ4v) is 3.01. The molecular weight excluding hydrogens is 234 g/mol. The molecule has 2 heteroatoms. The topological polar surface area (TPSA) is 35.2 Å². The van der Waals surface area contributed by atoms with Gasteiger partial charge in [-0.25, -0.2) is 0 Å². The Kier molecular flexibility index (Phi) is 9.54. The van der Waals surface area contributed by atoms with Crippen LogP contribution in [0.2, 0.25) is 0 Å². The molecule has 0 saturated heterocycles. The highest BCUT2D eigenvalue weighted by Crippen LogP contribution is 2.26. The van der Waals surface area contributed by atoms with Gasteiger partial charge < -0.3 is 10.5 Å². The van der Waals surface area contributed by atoms with Gasteiger partial charge in [-0.3, -0.25) is 0 Å². The Morgan fingerprint density at radius 3 is 2.05 bits per heavy atom. The van der Waals surface area contributed by atoms with Crippen molar-refractivity contribution in [3.05, 3.63) is 0 Å². The largest absolute Gasteiger partial charge is 0.380 e. The van der Waals surface area contributed by atoms with Crippen molar-refractivity contribution in [3.63, 3.8) is 0 Å². The third kappa shape index (κ3) is 8.65. The fraction of sp³-hybridized carbons (Fsp3) is 1.00. The molecule has 0 spiro atoms. The van der Waals surface area contributed by atoms with E-state index in [2.05, 4.69) is 6.92 Å². The van der Waals surface area contributed by atoms with Crippen LogP contribution < -0.4 is 5.73 Å². The maximum atomic E-state index is 6.34. The van der Waals surface area contributed by atoms with E-state index < -0.39 is 0 Å². The summed E-state index contributed by atoms with van der Waals surface area (Å²) in [5.41, 5.74) is 6.34. The van der Waals surface area contributed by atoms with Crippen LogP contribution in [0, 0.1) is 0 Å². The minimum atomic E-state index is -0.00158. The van der Waals surface area contributed by atoms with Crippen molar-refractivity contribution in [2.24, 2.45) is 5.73 Å². The zero-order valence-electron chi connectivity index (χ0n) is 13.1. The van der Waals surface area contributed by atoms with Crippen molar-refractivity contribution in [1.82, 2.24) is 0 Å². The predicted molar refractivity (Wildman–Crippen MR) is 83.4 cm³/mol. The minimum absolute atomic E-state index is 0.00158. The molecular formula is C17H35NO. The van der Waals surface area contributed by atoms with Gasteiger partial charge in [0, 0.05) is 12.1 Å². The summed E-state index contributed by atoms with van der Waals surface area (Å²) < 4.78 is 5.80. The molecule has 0 aromatic heterocycles. The summed E-state index contributed by atoms with van der Waals surface area (Å²) in [6.07, 6.45) is 17.1. The summed E-state index contributed by atoms with van der Waals surface area (Å²) in [5, 5.41) is 0. The summed E-state index contributed by atoms with van der Waals surface area (Å²) in [7, 11) is 0. The van der Waals surface area contributed by atoms with Gasteiger partial charge in [0.15, 0.2) is 0 Å². The molecule has 1 aliphatic carbocycles. The molecule has 0 unspecified atom stereocenters. The molecule has 2 N–H and O–H groups in total. The Hall–Kier alpha value is -0.0800. The van der Waals surface area contributed by atoms with E-state index in [4.69, 9.17) is 10.5 Å². The van der Waals surface area contributed by atoms with Crippen molar-refractivity contribution in [1.29, 1.82) is 0 Å². The van der Waals surface area contributed by atoms with E-state index in [1.165, 1.54) is 70.6 Å². The first-order chi connectivity index (χ1) is 9.27. The summed E-state index contributed by atoms with van der Waals surface area (Å²) >= 11 is 0. The van der Waals surface area contributed by atoms with Crippen LogP contribution in [0.15, 0.2) is 0 Å². The van der Waals surface area contributed by atoms with Crippen LogP contribution in [-0.2, 0) is 4.74 Å². The highest BCUT2D eigenvalue weighted by molar-refractivity contribution is 4.86. The number of ether oxygens (including phenoxy) is 1. The zero-order chi connectivity index (χ0) is 13.8. The van der Waals surface area contributed by atoms with E-state index in [1.807, 2.05) is 0 Å². The van der Waals surface area contributed by atoms with E-state index in [0.29, 0.717) is 0 Å². The molecule has 0 bridgehead atoms. The quantitative estimate of drug-likeness (QED) is 0.547. The van der Waals surface area contributed by atoms with Crippen molar-refractivity contribution in [3.8, 4) is 0 Å². The lowest BCUT2D eigenvalue weighted by molar-refractivity contribution is 0.0655. The number of hydrogen-bond acceptors (Lipinski definition) is 2. The number of hydrogen-bond donors (Lipinski definition) is 1. The SMILES string of the molecule is CCCCCCCCCCOCC1(N)CCCCC1. The molecule has 1 fully saturated rings. The monoisotopic (exact) mass is 269 g/mol. The molecule has 2 nitrogen and oxygen atoms in total. The van der Waals surface area contributed by atoms with E-state index in [1.54, 1.807) is 0 Å². The molecule has 0 atom stereocenters. The van der Waals surface area contributed by atoms with Crippen LogP contribution >= 0.6 is 0 Å². The van der Waals surface area contributed by atoms with Crippen LogP contribution in [0.3, 0.4) is 0 Å². The lowest BCUT2D eigenvalue weighted by atomic mass is 9.83. The van der Waals surface area contributed by atoms with Gasteiger partial charge in [0.05, 0.1) is 6.61 Å². The standard InChI is InChI=1S/C17H35NO/c1-2-3-4-5-6-7-8-12-15-19-16-17(18)13-10-9-11-14-17/h2-16,18H2,1H3. The molecule has 0 aliphatic heterocycles. The third-order valence-electron chi connectivity index (χ3n) is 4.38. The second-order valence-corrected chi connectivity index (χ2v) is 6.45. The Bertz CT molecular complexity index is 199. The van der Waals surface area contributed by atoms with Crippen molar-refractivity contribution in [2.75, 3.05) is 13.2 Å². The van der Waals surface area contributed by atoms with Gasteiger partial charge in [0.1, 0.15) is 0 Å². The number of nitrogens with two attached hydrogens (primary N) is 1. The highest BCUT2D eigenvalue weighted by Gasteiger charge is 2.27. The van der Waals surface area contributed by atoms with Crippen LogP contribution in [0.1, 0.15) is 90.4 Å². The molecule has 0 aromatic carbocycles. The molecule has 0 amide bonds. The summed E-state index contributed by atoms with van der Waals surface area (Å²) in [4.78, 5) is 0. The van der Waals surface area contributed by atoms with Crippen LogP contribution in [-0.4, -0.2) is 18.8 Å². The van der Waals surface area contributed by atoms with Crippen molar-refractivity contribution >= 4 is 0 Å². The summed E-state index contributed by atoms with van der Waals surface area (Å²) in [5.74, 6) is 0. The lowest BCUT2D eigenvalue weighted by Crippen LogP contribution is -2.46. The first-order valence-corrected chi connectivity index (χ1v) is 8.63. The first kappa shape index (κ1) is 17.0. The zero-order valence-corrected chi connectivity index (χ0v) is 13.1. The van der Waals surface area contributed by atoms with Crippen LogP contribution in [0.5, 0.6) is 0 Å². The smallest absolute Gasteiger partial charge is 0.0646 e. The fourth-order valence-electron chi connectivity index (χ4n) is 3.01. The highest BCUT2D eigenvalue weighted by atomic mass is 16.5. The molecule has 1 rings (SSSR count). The lowest BCUT2D eigenvalue weighted by Gasteiger charge is -2.33. The van der Waals surface area contributed by atoms with Gasteiger partial charge in [0.2, 0.25) is 0 Å². The molecule has 19 heavy (non-hydrogen) atoms. The number of unbranched alkanes of at least 4 members (excludes halogenated alkanes) is 7. The first-order valence-electron chi connectivity index (χ1n) is 8.63. The summed E-state index contributed by atoms with van der Waals surface area (Å²) in [6.45, 7) is 3.96. The van der Waals surface area contributed by atoms with Gasteiger partial charge in [-0.1, -0.05) is 71.1 Å². The second-order valence-electron chi connectivity index (χ2n) is 6.45. The molecule has 0 heterocycles. The average molecular weight is 269 g/mol. The van der Waals surface area contributed by atoms with E-state index >= 15 is 0 Å². The van der Waals surface area contributed by atoms with Gasteiger partial charge in [0.25, 0.3) is 0 Å². The molecule has 0 aromatic rings. The van der Waals surface area contributed by atoms with Gasteiger partial charge in [-0.15, -0.1) is 0 Å². The predicted octanol–water partition coefficient (Wildman–Crippen LogP) is 4.81. The third-order valence-corrected chi connectivity index (χ3v) is 4.38. The van der Waals surface area contributed by atoms with E-state index in [-0.39, 0.29) is 5.54 Å². The van der Waals surface area contributed by atoms with Crippen LogP contribution in [0.25, 0.3) is 0 Å². The molecule has 114 valence electrons. The molecule has 1 aliphatic rings. The molecule has 1 saturated carbocycles. The Morgan fingerprint density at radius 2 is 1.42 bits per heavy atom. The minimum Gasteiger partial charge on any atom is -0.380 e. The van der Waals surface area contributed by atoms with Gasteiger partial charge in [-0.2, -0.15) is 0 Å². The molecule has 0 radical (unpaired) electrons. The average Bonchev–Trinajstić information content (AvgIpc) is 2.42. The van der Waals surface area contributed by atoms with Crippen LogP contribution in [0.4, 0.5) is 0 Å². The normalized spacial score (nSPS) is 18.6.